The average molecular weight is 393 g/mol. The summed E-state index contributed by atoms with van der Waals surface area (Å²) in [6.45, 7) is 0.394. The molecule has 3 aromatic rings. The lowest BCUT2D eigenvalue weighted by Gasteiger charge is -2.11. The van der Waals surface area contributed by atoms with Crippen LogP contribution < -0.4 is 5.56 Å². The van der Waals surface area contributed by atoms with Gasteiger partial charge in [0.15, 0.2) is 5.65 Å². The largest absolute Gasteiger partial charge is 0.369 e. The first-order valence-corrected chi connectivity index (χ1v) is 9.36. The molecule has 8 heteroatoms. The van der Waals surface area contributed by atoms with E-state index in [1.54, 1.807) is 24.4 Å². The van der Waals surface area contributed by atoms with Gasteiger partial charge in [0.2, 0.25) is 0 Å². The van der Waals surface area contributed by atoms with Crippen molar-refractivity contribution in [3.05, 3.63) is 56.2 Å². The number of fused-ring (bicyclic) bond motifs is 1. The SMILES string of the molecule is O=c1[nH]c(COCc2c(Cl)cccc2Cl)nc2c1cnn2C1CCCC1. The van der Waals surface area contributed by atoms with E-state index in [2.05, 4.69) is 15.1 Å². The molecule has 0 saturated heterocycles. The zero-order chi connectivity index (χ0) is 18.1. The third kappa shape index (κ3) is 3.37. The normalized spacial score (nSPS) is 15.2. The predicted molar refractivity (Wildman–Crippen MR) is 101 cm³/mol. The maximum atomic E-state index is 12.3. The second kappa shape index (κ2) is 7.39. The van der Waals surface area contributed by atoms with Crippen LogP contribution in [0.1, 0.15) is 43.1 Å². The van der Waals surface area contributed by atoms with Crippen molar-refractivity contribution < 1.29 is 4.74 Å². The summed E-state index contributed by atoms with van der Waals surface area (Å²) in [5.41, 5.74) is 1.14. The van der Waals surface area contributed by atoms with Crippen LogP contribution in [0.5, 0.6) is 0 Å². The van der Waals surface area contributed by atoms with Crippen LogP contribution >= 0.6 is 23.2 Å². The Balaban J connectivity index is 1.55. The fourth-order valence-electron chi connectivity index (χ4n) is 3.39. The van der Waals surface area contributed by atoms with Gasteiger partial charge in [0.25, 0.3) is 5.56 Å². The zero-order valence-corrected chi connectivity index (χ0v) is 15.6. The Hall–Kier alpha value is -1.89. The lowest BCUT2D eigenvalue weighted by molar-refractivity contribution is 0.102. The van der Waals surface area contributed by atoms with Crippen LogP contribution in [-0.4, -0.2) is 19.7 Å². The summed E-state index contributed by atoms with van der Waals surface area (Å²) in [7, 11) is 0. The van der Waals surface area contributed by atoms with Crippen LogP contribution in [0.4, 0.5) is 0 Å². The summed E-state index contributed by atoms with van der Waals surface area (Å²) >= 11 is 12.3. The minimum Gasteiger partial charge on any atom is -0.369 e. The third-order valence-electron chi connectivity index (χ3n) is 4.73. The number of nitrogens with one attached hydrogen (secondary N) is 1. The van der Waals surface area contributed by atoms with E-state index in [0.717, 1.165) is 18.4 Å². The van der Waals surface area contributed by atoms with E-state index in [4.69, 9.17) is 27.9 Å². The van der Waals surface area contributed by atoms with Gasteiger partial charge >= 0.3 is 0 Å². The number of aromatic amines is 1. The molecule has 0 spiro atoms. The van der Waals surface area contributed by atoms with Crippen LogP contribution in [0.25, 0.3) is 11.0 Å². The Kier molecular flexibility index (Phi) is 4.98. The van der Waals surface area contributed by atoms with Crippen molar-refractivity contribution in [2.24, 2.45) is 0 Å². The monoisotopic (exact) mass is 392 g/mol. The number of ether oxygens (including phenoxy) is 1. The molecule has 1 saturated carbocycles. The topological polar surface area (TPSA) is 72.8 Å². The molecule has 26 heavy (non-hydrogen) atoms. The molecular formula is C18H18Cl2N4O2. The first-order chi connectivity index (χ1) is 12.6. The molecule has 4 rings (SSSR count). The molecule has 136 valence electrons. The molecule has 0 unspecified atom stereocenters. The van der Waals surface area contributed by atoms with Crippen LogP contribution in [0.2, 0.25) is 10.0 Å². The van der Waals surface area contributed by atoms with Gasteiger partial charge in [-0.3, -0.25) is 4.79 Å². The molecule has 1 fully saturated rings. The van der Waals surface area contributed by atoms with Gasteiger partial charge in [0.1, 0.15) is 17.8 Å². The molecule has 1 aliphatic rings. The molecule has 0 bridgehead atoms. The first-order valence-electron chi connectivity index (χ1n) is 8.60. The quantitative estimate of drug-likeness (QED) is 0.703. The summed E-state index contributed by atoms with van der Waals surface area (Å²) in [6.07, 6.45) is 6.10. The molecule has 0 radical (unpaired) electrons. The Morgan fingerprint density at radius 3 is 2.65 bits per heavy atom. The van der Waals surface area contributed by atoms with Crippen molar-refractivity contribution >= 4 is 34.2 Å². The van der Waals surface area contributed by atoms with Gasteiger partial charge in [0.05, 0.1) is 18.8 Å². The summed E-state index contributed by atoms with van der Waals surface area (Å²) in [4.78, 5) is 19.7. The Morgan fingerprint density at radius 1 is 1.19 bits per heavy atom. The number of halogens is 2. The van der Waals surface area contributed by atoms with Crippen LogP contribution in [-0.2, 0) is 18.0 Å². The minimum absolute atomic E-state index is 0.155. The van der Waals surface area contributed by atoms with Crippen molar-refractivity contribution in [3.63, 3.8) is 0 Å². The number of rotatable bonds is 5. The highest BCUT2D eigenvalue weighted by atomic mass is 35.5. The van der Waals surface area contributed by atoms with E-state index < -0.39 is 0 Å². The maximum absolute atomic E-state index is 12.3. The molecule has 0 atom stereocenters. The lowest BCUT2D eigenvalue weighted by atomic mass is 10.2. The second-order valence-corrected chi connectivity index (χ2v) is 7.28. The van der Waals surface area contributed by atoms with Crippen molar-refractivity contribution in [2.45, 2.75) is 44.9 Å². The van der Waals surface area contributed by atoms with Crippen molar-refractivity contribution in [1.29, 1.82) is 0 Å². The summed E-state index contributed by atoms with van der Waals surface area (Å²) in [6, 6.07) is 5.62. The number of aromatic nitrogens is 4. The number of hydrogen-bond donors (Lipinski definition) is 1. The van der Waals surface area contributed by atoms with Gasteiger partial charge < -0.3 is 9.72 Å². The van der Waals surface area contributed by atoms with Gasteiger partial charge in [-0.05, 0) is 25.0 Å². The maximum Gasteiger partial charge on any atom is 0.262 e. The molecule has 0 amide bonds. The molecule has 1 aliphatic carbocycles. The highest BCUT2D eigenvalue weighted by Gasteiger charge is 2.21. The molecule has 1 aromatic carbocycles. The molecular weight excluding hydrogens is 375 g/mol. The first kappa shape index (κ1) is 17.5. The van der Waals surface area contributed by atoms with Crippen LogP contribution in [0.3, 0.4) is 0 Å². The van der Waals surface area contributed by atoms with Gasteiger partial charge in [0, 0.05) is 15.6 Å². The zero-order valence-electron chi connectivity index (χ0n) is 14.0. The third-order valence-corrected chi connectivity index (χ3v) is 5.44. The Bertz CT molecular complexity index is 972. The van der Waals surface area contributed by atoms with Gasteiger partial charge in [-0.15, -0.1) is 0 Å². The Labute approximate surface area is 160 Å². The molecule has 0 aliphatic heterocycles. The fraction of sp³-hybridized carbons (Fsp3) is 0.389. The summed E-state index contributed by atoms with van der Waals surface area (Å²) < 4.78 is 7.56. The van der Waals surface area contributed by atoms with E-state index in [-0.39, 0.29) is 18.8 Å². The van der Waals surface area contributed by atoms with E-state index in [1.807, 2.05) is 4.68 Å². The second-order valence-electron chi connectivity index (χ2n) is 6.47. The van der Waals surface area contributed by atoms with E-state index in [1.165, 1.54) is 12.8 Å². The standard InChI is InChI=1S/C18H18Cl2N4O2/c19-14-6-3-7-15(20)13(14)9-26-10-16-22-17-12(18(25)23-16)8-21-24(17)11-4-1-2-5-11/h3,6-8,11H,1-2,4-5,9-10H2,(H,22,23,25). The summed E-state index contributed by atoms with van der Waals surface area (Å²) in [5.74, 6) is 0.463. The summed E-state index contributed by atoms with van der Waals surface area (Å²) in [5, 5.41) is 6.00. The Morgan fingerprint density at radius 2 is 1.92 bits per heavy atom. The highest BCUT2D eigenvalue weighted by Crippen LogP contribution is 2.30. The van der Waals surface area contributed by atoms with Crippen molar-refractivity contribution in [3.8, 4) is 0 Å². The van der Waals surface area contributed by atoms with Gasteiger partial charge in [-0.1, -0.05) is 42.1 Å². The number of H-pyrrole nitrogens is 1. The average Bonchev–Trinajstić information content (AvgIpc) is 3.26. The van der Waals surface area contributed by atoms with Crippen LogP contribution in [0.15, 0.2) is 29.2 Å². The van der Waals surface area contributed by atoms with Gasteiger partial charge in [-0.25, -0.2) is 9.67 Å². The van der Waals surface area contributed by atoms with Gasteiger partial charge in [-0.2, -0.15) is 5.10 Å². The molecule has 2 aromatic heterocycles. The molecule has 2 heterocycles. The minimum atomic E-state index is -0.200. The number of nitrogens with zero attached hydrogens (tertiary/aromatic N) is 3. The smallest absolute Gasteiger partial charge is 0.262 e. The molecule has 1 N–H and O–H groups in total. The van der Waals surface area contributed by atoms with Crippen LogP contribution in [0, 0.1) is 0 Å². The fourth-order valence-corrected chi connectivity index (χ4v) is 3.89. The van der Waals surface area contributed by atoms with E-state index in [0.29, 0.717) is 32.9 Å². The predicted octanol–water partition coefficient (Wildman–Crippen LogP) is 4.26. The number of hydrogen-bond acceptors (Lipinski definition) is 4. The highest BCUT2D eigenvalue weighted by molar-refractivity contribution is 6.35. The number of benzene rings is 1. The molecule has 6 nitrogen and oxygen atoms in total. The van der Waals surface area contributed by atoms with E-state index in [9.17, 15) is 4.79 Å². The van der Waals surface area contributed by atoms with Crippen molar-refractivity contribution in [2.75, 3.05) is 0 Å². The lowest BCUT2D eigenvalue weighted by Crippen LogP contribution is -2.15. The van der Waals surface area contributed by atoms with Crippen molar-refractivity contribution in [1.82, 2.24) is 19.7 Å². The van der Waals surface area contributed by atoms with E-state index >= 15 is 0 Å².